The van der Waals surface area contributed by atoms with E-state index in [9.17, 15) is 0 Å². The predicted octanol–water partition coefficient (Wildman–Crippen LogP) is 4.72. The Morgan fingerprint density at radius 2 is 1.08 bits per heavy atom. The average molecular weight is 310 g/mol. The lowest BCUT2D eigenvalue weighted by molar-refractivity contribution is 0.735. The van der Waals surface area contributed by atoms with Gasteiger partial charge in [0.1, 0.15) is 0 Å². The highest BCUT2D eigenvalue weighted by Gasteiger charge is 2.22. The van der Waals surface area contributed by atoms with Crippen LogP contribution in [0.25, 0.3) is 0 Å². The van der Waals surface area contributed by atoms with Crippen LogP contribution in [0.5, 0.6) is 0 Å². The smallest absolute Gasteiger partial charge is 0.0952 e. The summed E-state index contributed by atoms with van der Waals surface area (Å²) in [6.45, 7) is 0.685. The Labute approximate surface area is 142 Å². The zero-order chi connectivity index (χ0) is 16.2. The molecule has 3 aromatic carbocycles. The molecule has 2 heteroatoms. The minimum Gasteiger partial charge on any atom is -0.280 e. The summed E-state index contributed by atoms with van der Waals surface area (Å²) in [5, 5.41) is 0. The largest absolute Gasteiger partial charge is 0.280 e. The molecular weight excluding hydrogens is 292 g/mol. The van der Waals surface area contributed by atoms with Crippen molar-refractivity contribution in [3.63, 3.8) is 0 Å². The van der Waals surface area contributed by atoms with E-state index in [1.165, 1.54) is 5.56 Å². The van der Waals surface area contributed by atoms with E-state index in [-0.39, 0.29) is 6.04 Å². The molecule has 1 atom stereocenters. The van der Waals surface area contributed by atoms with Crippen LogP contribution >= 0.6 is 0 Å². The van der Waals surface area contributed by atoms with Crippen LogP contribution in [0.4, 0.5) is 0 Å². The maximum absolute atomic E-state index is 5.07. The normalized spacial score (nSPS) is 17.1. The molecule has 1 unspecified atom stereocenters. The zero-order valence-electron chi connectivity index (χ0n) is 13.3. The van der Waals surface area contributed by atoms with Crippen molar-refractivity contribution >= 4 is 11.4 Å². The van der Waals surface area contributed by atoms with E-state index in [0.717, 1.165) is 22.6 Å². The molecule has 0 radical (unpaired) electrons. The lowest BCUT2D eigenvalue weighted by Crippen LogP contribution is -2.24. The minimum atomic E-state index is 0.0777. The molecule has 1 aliphatic rings. The van der Waals surface area contributed by atoms with Crippen molar-refractivity contribution in [3.8, 4) is 0 Å². The first-order valence-electron chi connectivity index (χ1n) is 8.20. The summed E-state index contributed by atoms with van der Waals surface area (Å²) >= 11 is 0. The third-order valence-corrected chi connectivity index (χ3v) is 4.21. The van der Waals surface area contributed by atoms with Crippen molar-refractivity contribution in [2.24, 2.45) is 9.98 Å². The number of rotatable bonds is 3. The topological polar surface area (TPSA) is 24.7 Å². The highest BCUT2D eigenvalue weighted by Crippen LogP contribution is 2.24. The van der Waals surface area contributed by atoms with Crippen molar-refractivity contribution in [2.75, 3.05) is 6.54 Å². The second kappa shape index (κ2) is 6.63. The second-order valence-corrected chi connectivity index (χ2v) is 5.83. The van der Waals surface area contributed by atoms with E-state index in [4.69, 9.17) is 9.98 Å². The van der Waals surface area contributed by atoms with E-state index in [0.29, 0.717) is 6.54 Å². The fourth-order valence-electron chi connectivity index (χ4n) is 3.00. The van der Waals surface area contributed by atoms with Gasteiger partial charge < -0.3 is 0 Å². The highest BCUT2D eigenvalue weighted by molar-refractivity contribution is 6.53. The molecule has 4 rings (SSSR count). The van der Waals surface area contributed by atoms with Crippen LogP contribution in [0, 0.1) is 0 Å². The molecule has 1 aliphatic heterocycles. The van der Waals surface area contributed by atoms with E-state index < -0.39 is 0 Å². The Hall–Kier alpha value is -3.00. The van der Waals surface area contributed by atoms with Crippen molar-refractivity contribution in [1.82, 2.24) is 0 Å². The fourth-order valence-corrected chi connectivity index (χ4v) is 3.00. The molecule has 0 N–H and O–H groups in total. The molecule has 24 heavy (non-hydrogen) atoms. The number of hydrogen-bond donors (Lipinski definition) is 0. The van der Waals surface area contributed by atoms with Crippen LogP contribution < -0.4 is 0 Å². The monoisotopic (exact) mass is 310 g/mol. The van der Waals surface area contributed by atoms with Crippen molar-refractivity contribution in [1.29, 1.82) is 0 Å². The van der Waals surface area contributed by atoms with Gasteiger partial charge in [-0.15, -0.1) is 0 Å². The molecule has 0 saturated carbocycles. The Balaban J connectivity index is 1.79. The minimum absolute atomic E-state index is 0.0777. The van der Waals surface area contributed by atoms with Crippen molar-refractivity contribution in [3.05, 3.63) is 108 Å². The van der Waals surface area contributed by atoms with Gasteiger partial charge in [0.2, 0.25) is 0 Å². The van der Waals surface area contributed by atoms with E-state index in [1.807, 2.05) is 42.5 Å². The van der Waals surface area contributed by atoms with Gasteiger partial charge in [0, 0.05) is 11.1 Å². The maximum Gasteiger partial charge on any atom is 0.0952 e. The molecule has 0 amide bonds. The van der Waals surface area contributed by atoms with Crippen LogP contribution in [0.15, 0.2) is 101 Å². The lowest BCUT2D eigenvalue weighted by atomic mass is 9.96. The van der Waals surface area contributed by atoms with Gasteiger partial charge in [-0.25, -0.2) is 0 Å². The van der Waals surface area contributed by atoms with Gasteiger partial charge in [0.05, 0.1) is 24.0 Å². The Morgan fingerprint density at radius 3 is 1.67 bits per heavy atom. The Kier molecular flexibility index (Phi) is 4.03. The molecule has 0 fully saturated rings. The van der Waals surface area contributed by atoms with Gasteiger partial charge in [0.15, 0.2) is 0 Å². The summed E-state index contributed by atoms with van der Waals surface area (Å²) in [5.41, 5.74) is 5.39. The van der Waals surface area contributed by atoms with Gasteiger partial charge in [-0.05, 0) is 5.56 Å². The standard InChI is InChI=1S/C22H18N2/c1-4-10-17(11-5-1)20-16-23-21(18-12-6-2-7-13-18)22(24-20)19-14-8-3-9-15-19/h1-15,20H,16H2. The molecule has 2 nitrogen and oxygen atoms in total. The van der Waals surface area contributed by atoms with E-state index in [2.05, 4.69) is 48.5 Å². The number of hydrogen-bond acceptors (Lipinski definition) is 2. The Bertz CT molecular complexity index is 866. The third kappa shape index (κ3) is 2.91. The summed E-state index contributed by atoms with van der Waals surface area (Å²) in [6, 6.07) is 31.1. The summed E-state index contributed by atoms with van der Waals surface area (Å²) in [6.07, 6.45) is 0. The van der Waals surface area contributed by atoms with Crippen LogP contribution in [0.2, 0.25) is 0 Å². The van der Waals surface area contributed by atoms with Gasteiger partial charge in [-0.1, -0.05) is 91.0 Å². The lowest BCUT2D eigenvalue weighted by Gasteiger charge is -2.21. The van der Waals surface area contributed by atoms with Crippen molar-refractivity contribution < 1.29 is 0 Å². The fraction of sp³-hybridized carbons (Fsp3) is 0.0909. The quantitative estimate of drug-likeness (QED) is 0.669. The molecular formula is C22H18N2. The molecule has 0 aromatic heterocycles. The number of nitrogens with zero attached hydrogens (tertiary/aromatic N) is 2. The first-order valence-corrected chi connectivity index (χ1v) is 8.20. The van der Waals surface area contributed by atoms with Gasteiger partial charge in [-0.2, -0.15) is 0 Å². The molecule has 1 heterocycles. The predicted molar refractivity (Wildman–Crippen MR) is 100 cm³/mol. The SMILES string of the molecule is c1ccc(C2=NCC(c3ccccc3)N=C2c2ccccc2)cc1. The maximum atomic E-state index is 5.07. The zero-order valence-corrected chi connectivity index (χ0v) is 13.3. The van der Waals surface area contributed by atoms with Gasteiger partial charge in [-0.3, -0.25) is 9.98 Å². The number of benzene rings is 3. The first kappa shape index (κ1) is 14.6. The van der Waals surface area contributed by atoms with Crippen LogP contribution in [0.3, 0.4) is 0 Å². The van der Waals surface area contributed by atoms with Crippen LogP contribution in [-0.2, 0) is 0 Å². The molecule has 0 bridgehead atoms. The average Bonchev–Trinajstić information content (AvgIpc) is 2.69. The molecule has 116 valence electrons. The van der Waals surface area contributed by atoms with Crippen molar-refractivity contribution in [2.45, 2.75) is 6.04 Å². The van der Waals surface area contributed by atoms with E-state index >= 15 is 0 Å². The summed E-state index contributed by atoms with van der Waals surface area (Å²) in [7, 11) is 0. The van der Waals surface area contributed by atoms with Gasteiger partial charge in [0.25, 0.3) is 0 Å². The summed E-state index contributed by atoms with van der Waals surface area (Å²) in [4.78, 5) is 9.97. The Morgan fingerprint density at radius 1 is 0.583 bits per heavy atom. The highest BCUT2D eigenvalue weighted by atomic mass is 14.9. The van der Waals surface area contributed by atoms with Crippen LogP contribution in [0.1, 0.15) is 22.7 Å². The third-order valence-electron chi connectivity index (χ3n) is 4.21. The number of aliphatic imine (C=N–C) groups is 2. The van der Waals surface area contributed by atoms with Gasteiger partial charge >= 0.3 is 0 Å². The second-order valence-electron chi connectivity index (χ2n) is 5.83. The molecule has 3 aromatic rings. The first-order chi connectivity index (χ1) is 11.9. The summed E-state index contributed by atoms with van der Waals surface area (Å²) in [5.74, 6) is 0. The molecule has 0 spiro atoms. The summed E-state index contributed by atoms with van der Waals surface area (Å²) < 4.78 is 0. The van der Waals surface area contributed by atoms with E-state index in [1.54, 1.807) is 0 Å². The van der Waals surface area contributed by atoms with Crippen LogP contribution in [-0.4, -0.2) is 18.0 Å². The molecule has 0 aliphatic carbocycles. The molecule has 0 saturated heterocycles.